The number of thioether (sulfide) groups is 1. The lowest BCUT2D eigenvalue weighted by Crippen LogP contribution is -2.67. The van der Waals surface area contributed by atoms with Crippen LogP contribution in [0.5, 0.6) is 0 Å². The third kappa shape index (κ3) is 1.91. The fourth-order valence-corrected chi connectivity index (χ4v) is 4.32. The van der Waals surface area contributed by atoms with Gasteiger partial charge in [-0.1, -0.05) is 6.92 Å². The first kappa shape index (κ1) is 13.7. The Morgan fingerprint density at radius 3 is 2.61 bits per heavy atom. The minimum Gasteiger partial charge on any atom is -0.480 e. The molecule has 0 aromatic rings. The van der Waals surface area contributed by atoms with Crippen LogP contribution in [0.4, 0.5) is 0 Å². The number of carboxylic acids is 1. The van der Waals surface area contributed by atoms with Gasteiger partial charge < -0.3 is 15.1 Å². The molecule has 6 heteroatoms. The van der Waals surface area contributed by atoms with Crippen LogP contribution in [0.3, 0.4) is 0 Å². The molecular weight excluding hydrogens is 254 g/mol. The lowest BCUT2D eigenvalue weighted by molar-refractivity contribution is -0.177. The maximum Gasteiger partial charge on any atom is 0.327 e. The van der Waals surface area contributed by atoms with Crippen LogP contribution >= 0.6 is 11.8 Å². The second-order valence-electron chi connectivity index (χ2n) is 5.46. The molecule has 0 aromatic carbocycles. The van der Waals surface area contributed by atoms with Crippen molar-refractivity contribution in [2.75, 3.05) is 5.75 Å². The average Bonchev–Trinajstić information content (AvgIpc) is 2.51. The molecule has 102 valence electrons. The topological polar surface area (TPSA) is 77.8 Å². The van der Waals surface area contributed by atoms with Crippen molar-refractivity contribution in [3.8, 4) is 0 Å². The summed E-state index contributed by atoms with van der Waals surface area (Å²) in [7, 11) is 0. The number of β-lactam (4-membered cyclic amide) rings is 1. The first-order valence-corrected chi connectivity index (χ1v) is 7.22. The van der Waals surface area contributed by atoms with Gasteiger partial charge in [-0.15, -0.1) is 0 Å². The first-order chi connectivity index (χ1) is 8.29. The number of aliphatic hydroxyl groups is 1. The fourth-order valence-electron chi connectivity index (χ4n) is 3.13. The van der Waals surface area contributed by atoms with Gasteiger partial charge in [-0.3, -0.25) is 4.79 Å². The Morgan fingerprint density at radius 1 is 1.56 bits per heavy atom. The van der Waals surface area contributed by atoms with Crippen LogP contribution in [0.1, 0.15) is 27.2 Å². The molecule has 4 atom stereocenters. The lowest BCUT2D eigenvalue weighted by Gasteiger charge is -2.49. The third-order valence-electron chi connectivity index (χ3n) is 3.78. The van der Waals surface area contributed by atoms with Gasteiger partial charge >= 0.3 is 5.97 Å². The van der Waals surface area contributed by atoms with Crippen molar-refractivity contribution in [3.05, 3.63) is 0 Å². The summed E-state index contributed by atoms with van der Waals surface area (Å²) in [5.74, 6) is -0.789. The smallest absolute Gasteiger partial charge is 0.327 e. The Hall–Kier alpha value is -0.750. The van der Waals surface area contributed by atoms with Gasteiger partial charge in [-0.25, -0.2) is 4.79 Å². The normalized spacial score (nSPS) is 35.3. The van der Waals surface area contributed by atoms with Gasteiger partial charge in [0.25, 0.3) is 0 Å². The number of rotatable bonds is 4. The van der Waals surface area contributed by atoms with Crippen molar-refractivity contribution in [2.45, 2.75) is 50.1 Å². The molecule has 2 fully saturated rings. The maximum absolute atomic E-state index is 12.0. The van der Waals surface area contributed by atoms with Crippen molar-refractivity contribution in [1.29, 1.82) is 0 Å². The molecule has 5 nitrogen and oxygen atoms in total. The van der Waals surface area contributed by atoms with Gasteiger partial charge in [0.15, 0.2) is 0 Å². The van der Waals surface area contributed by atoms with E-state index in [-0.39, 0.29) is 17.2 Å². The summed E-state index contributed by atoms with van der Waals surface area (Å²) in [6.45, 7) is 5.21. The lowest BCUT2D eigenvalue weighted by atomic mass is 9.76. The highest BCUT2D eigenvalue weighted by molar-refractivity contribution is 7.99. The Bertz CT molecular complexity index is 379. The Kier molecular flexibility index (Phi) is 3.36. The van der Waals surface area contributed by atoms with Crippen molar-refractivity contribution in [1.82, 2.24) is 4.90 Å². The van der Waals surface area contributed by atoms with E-state index in [4.69, 9.17) is 0 Å². The van der Waals surface area contributed by atoms with Gasteiger partial charge in [0.1, 0.15) is 6.04 Å². The largest absolute Gasteiger partial charge is 0.480 e. The quantitative estimate of drug-likeness (QED) is 0.732. The van der Waals surface area contributed by atoms with Gasteiger partial charge in [-0.05, 0) is 26.0 Å². The highest BCUT2D eigenvalue weighted by Crippen LogP contribution is 2.47. The van der Waals surface area contributed by atoms with E-state index in [0.29, 0.717) is 6.42 Å². The van der Waals surface area contributed by atoms with Crippen LogP contribution in [-0.2, 0) is 9.59 Å². The van der Waals surface area contributed by atoms with Crippen molar-refractivity contribution in [3.63, 3.8) is 0 Å². The molecule has 0 bridgehead atoms. The van der Waals surface area contributed by atoms with E-state index in [0.717, 1.165) is 5.75 Å². The molecule has 0 aliphatic carbocycles. The van der Waals surface area contributed by atoms with E-state index in [2.05, 4.69) is 0 Å². The average molecular weight is 273 g/mol. The Balaban J connectivity index is 2.21. The van der Waals surface area contributed by atoms with Crippen molar-refractivity contribution >= 4 is 23.6 Å². The van der Waals surface area contributed by atoms with Crippen LogP contribution < -0.4 is 0 Å². The predicted molar refractivity (Wildman–Crippen MR) is 68.4 cm³/mol. The molecule has 2 aliphatic heterocycles. The van der Waals surface area contributed by atoms with E-state index >= 15 is 0 Å². The van der Waals surface area contributed by atoms with E-state index in [1.165, 1.54) is 4.90 Å². The number of hydrogen-bond acceptors (Lipinski definition) is 4. The summed E-state index contributed by atoms with van der Waals surface area (Å²) in [6.07, 6.45) is 0.663. The van der Waals surface area contributed by atoms with Crippen LogP contribution in [0.25, 0.3) is 0 Å². The maximum atomic E-state index is 12.0. The molecule has 2 aliphatic rings. The molecule has 0 saturated carbocycles. The van der Waals surface area contributed by atoms with Gasteiger partial charge in [0.05, 0.1) is 11.5 Å². The second-order valence-corrected chi connectivity index (χ2v) is 6.97. The second kappa shape index (κ2) is 4.42. The highest BCUT2D eigenvalue weighted by atomic mass is 32.2. The van der Waals surface area contributed by atoms with Crippen LogP contribution in [0.2, 0.25) is 0 Å². The number of carboxylic acid groups (broad SMARTS) is 1. The van der Waals surface area contributed by atoms with E-state index in [1.54, 1.807) is 25.6 Å². The minimum absolute atomic E-state index is 0.0613. The number of carbonyl (C=O) groups is 2. The summed E-state index contributed by atoms with van der Waals surface area (Å²) in [4.78, 5) is 24.8. The Morgan fingerprint density at radius 2 is 2.17 bits per heavy atom. The number of fused-ring (bicyclic) bond motifs is 1. The van der Waals surface area contributed by atoms with Crippen LogP contribution in [0.15, 0.2) is 0 Å². The molecule has 18 heavy (non-hydrogen) atoms. The fraction of sp³-hybridized carbons (Fsp3) is 0.833. The zero-order valence-corrected chi connectivity index (χ0v) is 11.6. The van der Waals surface area contributed by atoms with Crippen molar-refractivity contribution < 1.29 is 19.8 Å². The standard InChI is InChI=1S/C12H19NO4S/c1-4-18-7-5-6-8(12(2,3)17)10(14)13(6)9(7)11(15)16/h6-9,17H,4-5H2,1-3H3,(H,15,16)/t6-,7?,8+,9-/m0/s1. The molecule has 2 N–H and O–H groups in total. The number of amides is 1. The first-order valence-electron chi connectivity index (χ1n) is 6.18. The number of carbonyl (C=O) groups excluding carboxylic acids is 1. The van der Waals surface area contributed by atoms with Gasteiger partial charge in [-0.2, -0.15) is 11.8 Å². The molecule has 0 spiro atoms. The predicted octanol–water partition coefficient (Wildman–Crippen LogP) is 0.563. The number of aliphatic carboxylic acids is 1. The Labute approximate surface area is 111 Å². The van der Waals surface area contributed by atoms with E-state index < -0.39 is 23.5 Å². The van der Waals surface area contributed by atoms with E-state index in [1.807, 2.05) is 6.92 Å². The summed E-state index contributed by atoms with van der Waals surface area (Å²) >= 11 is 1.58. The minimum atomic E-state index is -1.08. The summed E-state index contributed by atoms with van der Waals surface area (Å²) in [5.41, 5.74) is -1.08. The highest BCUT2D eigenvalue weighted by Gasteiger charge is 2.63. The monoisotopic (exact) mass is 273 g/mol. The summed E-state index contributed by atoms with van der Waals surface area (Å²) in [6, 6.07) is -0.853. The zero-order valence-electron chi connectivity index (χ0n) is 10.8. The third-order valence-corrected chi connectivity index (χ3v) is 4.99. The van der Waals surface area contributed by atoms with Crippen LogP contribution in [-0.4, -0.2) is 55.7 Å². The molecule has 1 unspecified atom stereocenters. The molecule has 0 aromatic heterocycles. The van der Waals surface area contributed by atoms with E-state index in [9.17, 15) is 19.8 Å². The summed E-state index contributed by atoms with van der Waals surface area (Å²) < 4.78 is 0. The zero-order chi connectivity index (χ0) is 13.7. The SMILES string of the molecule is CCSC1C[C@H]2[C@@H](C(C)(C)O)C(=O)N2[C@@H]1C(=O)O. The molecule has 1 amide bonds. The van der Waals surface area contributed by atoms with Gasteiger partial charge in [0, 0.05) is 11.3 Å². The summed E-state index contributed by atoms with van der Waals surface area (Å²) in [5, 5.41) is 19.2. The molecular formula is C12H19NO4S. The van der Waals surface area contributed by atoms with Crippen molar-refractivity contribution in [2.24, 2.45) is 5.92 Å². The van der Waals surface area contributed by atoms with Crippen LogP contribution in [0, 0.1) is 5.92 Å². The van der Waals surface area contributed by atoms with Gasteiger partial charge in [0.2, 0.25) is 5.91 Å². The molecule has 0 radical (unpaired) electrons. The molecule has 2 rings (SSSR count). The molecule has 2 heterocycles. The number of nitrogens with zero attached hydrogens (tertiary/aromatic N) is 1. The molecule has 2 saturated heterocycles. The number of hydrogen-bond donors (Lipinski definition) is 2.